The van der Waals surface area contributed by atoms with Crippen LogP contribution in [0.5, 0.6) is 0 Å². The summed E-state index contributed by atoms with van der Waals surface area (Å²) in [6.07, 6.45) is 0. The van der Waals surface area contributed by atoms with Crippen LogP contribution in [0.15, 0.2) is 88.7 Å². The molecule has 0 atom stereocenters. The molecule has 0 aliphatic carbocycles. The van der Waals surface area contributed by atoms with Gasteiger partial charge in [0.2, 0.25) is 0 Å². The molecule has 0 spiro atoms. The number of aromatic carboxylic acids is 1. The molecular formula is C19H14ClNO4S2. The molecule has 0 aliphatic rings. The third-order valence-corrected chi connectivity index (χ3v) is 7.08. The van der Waals surface area contributed by atoms with E-state index in [0.717, 1.165) is 26.6 Å². The van der Waals surface area contributed by atoms with E-state index >= 15 is 0 Å². The van der Waals surface area contributed by atoms with Crippen LogP contribution in [0.2, 0.25) is 5.02 Å². The van der Waals surface area contributed by atoms with Crippen LogP contribution in [0.25, 0.3) is 0 Å². The number of anilines is 1. The maximum Gasteiger partial charge on any atom is 0.337 e. The van der Waals surface area contributed by atoms with Crippen LogP contribution in [0.3, 0.4) is 0 Å². The highest BCUT2D eigenvalue weighted by Gasteiger charge is 2.28. The maximum absolute atomic E-state index is 13.3. The fraction of sp³-hybridized carbons (Fsp3) is 0. The lowest BCUT2D eigenvalue weighted by molar-refractivity contribution is 0.0697. The summed E-state index contributed by atoms with van der Waals surface area (Å²) in [4.78, 5) is 11.9. The zero-order chi connectivity index (χ0) is 19.4. The number of hydrogen-bond donors (Lipinski definition) is 1. The first-order valence-corrected chi connectivity index (χ1v) is 10.3. The summed E-state index contributed by atoms with van der Waals surface area (Å²) in [6, 6.07) is 21.3. The van der Waals surface area contributed by atoms with E-state index in [4.69, 9.17) is 11.6 Å². The molecule has 0 radical (unpaired) electrons. The molecule has 27 heavy (non-hydrogen) atoms. The minimum atomic E-state index is -4.05. The molecule has 0 saturated heterocycles. The van der Waals surface area contributed by atoms with Gasteiger partial charge in [-0.3, -0.25) is 0 Å². The van der Waals surface area contributed by atoms with E-state index in [-0.39, 0.29) is 15.5 Å². The number of rotatable bonds is 6. The molecule has 8 heteroatoms. The molecule has 3 aromatic carbocycles. The van der Waals surface area contributed by atoms with Gasteiger partial charge < -0.3 is 5.11 Å². The first-order chi connectivity index (χ1) is 12.9. The lowest BCUT2D eigenvalue weighted by atomic mass is 10.2. The van der Waals surface area contributed by atoms with E-state index < -0.39 is 16.0 Å². The Hall–Kier alpha value is -2.48. The standard InChI is InChI=1S/C19H14ClNO4S2/c20-18-12-11-16(13-17(18)19(22)23)27(24,25)21(14-7-3-1-4-8-14)26-15-9-5-2-6-10-15/h1-13H,(H,22,23). The van der Waals surface area contributed by atoms with Crippen molar-refractivity contribution in [2.24, 2.45) is 0 Å². The molecule has 0 bridgehead atoms. The molecule has 138 valence electrons. The van der Waals surface area contributed by atoms with Crippen molar-refractivity contribution in [3.8, 4) is 0 Å². The predicted octanol–water partition coefficient (Wildman–Crippen LogP) is 4.94. The van der Waals surface area contributed by atoms with Gasteiger partial charge >= 0.3 is 5.97 Å². The molecule has 5 nitrogen and oxygen atoms in total. The highest BCUT2D eigenvalue weighted by molar-refractivity contribution is 8.14. The Morgan fingerprint density at radius 2 is 1.52 bits per heavy atom. The number of carbonyl (C=O) groups is 1. The first kappa shape index (κ1) is 19.3. The molecule has 1 N–H and O–H groups in total. The van der Waals surface area contributed by atoms with Gasteiger partial charge in [0.25, 0.3) is 10.0 Å². The number of nitrogens with zero attached hydrogens (tertiary/aromatic N) is 1. The largest absolute Gasteiger partial charge is 0.478 e. The predicted molar refractivity (Wildman–Crippen MR) is 107 cm³/mol. The average molecular weight is 420 g/mol. The number of benzene rings is 3. The van der Waals surface area contributed by atoms with Crippen molar-refractivity contribution in [3.63, 3.8) is 0 Å². The van der Waals surface area contributed by atoms with E-state index in [1.807, 2.05) is 18.2 Å². The zero-order valence-corrected chi connectivity index (χ0v) is 16.2. The lowest BCUT2D eigenvalue weighted by Gasteiger charge is -2.23. The number of hydrogen-bond acceptors (Lipinski definition) is 4. The van der Waals surface area contributed by atoms with E-state index in [1.165, 1.54) is 12.1 Å². The van der Waals surface area contributed by atoms with Gasteiger partial charge in [0.05, 0.1) is 21.2 Å². The number of carboxylic acid groups (broad SMARTS) is 1. The number of sulfonamides is 1. The quantitative estimate of drug-likeness (QED) is 0.572. The lowest BCUT2D eigenvalue weighted by Crippen LogP contribution is -2.24. The van der Waals surface area contributed by atoms with E-state index in [2.05, 4.69) is 0 Å². The molecule has 0 aromatic heterocycles. The second-order valence-electron chi connectivity index (χ2n) is 5.42. The van der Waals surface area contributed by atoms with Crippen LogP contribution in [-0.4, -0.2) is 19.5 Å². The molecule has 3 aromatic rings. The Morgan fingerprint density at radius 3 is 2.11 bits per heavy atom. The summed E-state index contributed by atoms with van der Waals surface area (Å²) in [5.74, 6) is -1.29. The second-order valence-corrected chi connectivity index (χ2v) is 8.86. The van der Waals surface area contributed by atoms with Crippen molar-refractivity contribution in [1.29, 1.82) is 0 Å². The van der Waals surface area contributed by atoms with E-state index in [0.29, 0.717) is 5.69 Å². The topological polar surface area (TPSA) is 74.7 Å². The third kappa shape index (κ3) is 4.27. The van der Waals surface area contributed by atoms with Gasteiger partial charge in [0, 0.05) is 16.8 Å². The zero-order valence-electron chi connectivity index (χ0n) is 13.8. The molecule has 0 fully saturated rings. The summed E-state index contributed by atoms with van der Waals surface area (Å²) >= 11 is 6.90. The summed E-state index contributed by atoms with van der Waals surface area (Å²) in [5, 5.41) is 9.22. The third-order valence-electron chi connectivity index (χ3n) is 3.58. The van der Waals surface area contributed by atoms with Crippen molar-refractivity contribution in [2.45, 2.75) is 9.79 Å². The summed E-state index contributed by atoms with van der Waals surface area (Å²) in [6.45, 7) is 0. The van der Waals surface area contributed by atoms with Gasteiger partial charge in [0.1, 0.15) is 0 Å². The Morgan fingerprint density at radius 1 is 0.926 bits per heavy atom. The first-order valence-electron chi connectivity index (χ1n) is 7.76. The van der Waals surface area contributed by atoms with Crippen LogP contribution in [0, 0.1) is 0 Å². The van der Waals surface area contributed by atoms with Crippen LogP contribution >= 0.6 is 23.5 Å². The minimum Gasteiger partial charge on any atom is -0.478 e. The van der Waals surface area contributed by atoms with Crippen molar-refractivity contribution < 1.29 is 18.3 Å². The van der Waals surface area contributed by atoms with Gasteiger partial charge in [-0.25, -0.2) is 16.9 Å². The SMILES string of the molecule is O=C(O)c1cc(S(=O)(=O)N(Sc2ccccc2)c2ccccc2)ccc1Cl. The fourth-order valence-electron chi connectivity index (χ4n) is 2.29. The van der Waals surface area contributed by atoms with Gasteiger partial charge in [-0.1, -0.05) is 48.0 Å². The number of para-hydroxylation sites is 1. The molecular weight excluding hydrogens is 406 g/mol. The van der Waals surface area contributed by atoms with Crippen molar-refractivity contribution in [2.75, 3.05) is 3.71 Å². The van der Waals surface area contributed by atoms with E-state index in [9.17, 15) is 18.3 Å². The Kier molecular flexibility index (Phi) is 5.74. The van der Waals surface area contributed by atoms with Crippen LogP contribution in [0.1, 0.15) is 10.4 Å². The second kappa shape index (κ2) is 8.04. The van der Waals surface area contributed by atoms with Gasteiger partial charge in [-0.2, -0.15) is 0 Å². The van der Waals surface area contributed by atoms with E-state index in [1.54, 1.807) is 42.5 Å². The van der Waals surface area contributed by atoms with Crippen LogP contribution in [0.4, 0.5) is 5.69 Å². The molecule has 0 aliphatic heterocycles. The monoisotopic (exact) mass is 419 g/mol. The number of carboxylic acids is 1. The fourth-order valence-corrected chi connectivity index (χ4v) is 5.19. The van der Waals surface area contributed by atoms with Crippen molar-refractivity contribution in [3.05, 3.63) is 89.4 Å². The Balaban J connectivity index is 2.10. The van der Waals surface area contributed by atoms with Crippen LogP contribution in [-0.2, 0) is 10.0 Å². The smallest absolute Gasteiger partial charge is 0.337 e. The highest BCUT2D eigenvalue weighted by atomic mass is 35.5. The van der Waals surface area contributed by atoms with Gasteiger partial charge in [0.15, 0.2) is 0 Å². The minimum absolute atomic E-state index is 0.0246. The van der Waals surface area contributed by atoms with Crippen molar-refractivity contribution in [1.82, 2.24) is 0 Å². The summed E-state index contributed by atoms with van der Waals surface area (Å²) in [7, 11) is -4.05. The van der Waals surface area contributed by atoms with Gasteiger partial charge in [-0.15, -0.1) is 0 Å². The van der Waals surface area contributed by atoms with Crippen LogP contribution < -0.4 is 3.71 Å². The maximum atomic E-state index is 13.3. The molecule has 3 rings (SSSR count). The Labute approximate surface area is 166 Å². The van der Waals surface area contributed by atoms with Crippen molar-refractivity contribution >= 4 is 45.2 Å². The number of halogens is 1. The molecule has 0 heterocycles. The summed E-state index contributed by atoms with van der Waals surface area (Å²) in [5.41, 5.74) is 0.175. The molecule has 0 unspecified atom stereocenters. The molecule has 0 amide bonds. The summed E-state index contributed by atoms with van der Waals surface area (Å²) < 4.78 is 27.7. The molecule has 0 saturated carbocycles. The average Bonchev–Trinajstić information content (AvgIpc) is 2.67. The van der Waals surface area contributed by atoms with Gasteiger partial charge in [-0.05, 0) is 42.5 Å². The highest BCUT2D eigenvalue weighted by Crippen LogP contribution is 2.35. The Bertz CT molecular complexity index is 1060. The normalized spacial score (nSPS) is 11.1.